The summed E-state index contributed by atoms with van der Waals surface area (Å²) < 4.78 is 0. The number of aromatic nitrogens is 2. The first-order chi connectivity index (χ1) is 15.3. The van der Waals surface area contributed by atoms with Crippen LogP contribution in [-0.4, -0.2) is 20.8 Å². The molecule has 31 heavy (non-hydrogen) atoms. The van der Waals surface area contributed by atoms with Crippen LogP contribution >= 0.6 is 11.8 Å². The normalized spacial score (nSPS) is 13.1. The average Bonchev–Trinajstić information content (AvgIpc) is 3.28. The molecule has 4 aromatic rings. The lowest BCUT2D eigenvalue weighted by atomic mass is 9.89. The number of rotatable bonds is 6. The van der Waals surface area contributed by atoms with Crippen LogP contribution in [0.25, 0.3) is 6.08 Å². The molecule has 1 heterocycles. The van der Waals surface area contributed by atoms with Crippen LogP contribution in [0.1, 0.15) is 40.3 Å². The topological polar surface area (TPSA) is 48.9 Å². The Labute approximate surface area is 186 Å². The van der Waals surface area contributed by atoms with E-state index in [9.17, 15) is 5.11 Å². The van der Waals surface area contributed by atoms with Gasteiger partial charge >= 0.3 is 0 Å². The number of fused-ring (bicyclic) bond motifs is 1. The van der Waals surface area contributed by atoms with Crippen molar-refractivity contribution in [1.82, 2.24) is 9.97 Å². The van der Waals surface area contributed by atoms with Crippen LogP contribution in [0.5, 0.6) is 5.75 Å². The van der Waals surface area contributed by atoms with Gasteiger partial charge in [-0.25, -0.2) is 4.98 Å². The number of nitrogens with zero attached hydrogens (tertiary/aromatic N) is 1. The summed E-state index contributed by atoms with van der Waals surface area (Å²) in [7, 11) is 0. The second kappa shape index (κ2) is 8.86. The number of aromatic hydroxyl groups is 1. The van der Waals surface area contributed by atoms with Gasteiger partial charge in [-0.15, -0.1) is 0 Å². The maximum Gasteiger partial charge on any atom is 0.165 e. The predicted octanol–water partition coefficient (Wildman–Crippen LogP) is 6.42. The van der Waals surface area contributed by atoms with Crippen LogP contribution in [0.2, 0.25) is 0 Å². The summed E-state index contributed by atoms with van der Waals surface area (Å²) in [6.45, 7) is 0. The highest BCUT2D eigenvalue weighted by Crippen LogP contribution is 2.34. The van der Waals surface area contributed by atoms with E-state index in [4.69, 9.17) is 0 Å². The predicted molar refractivity (Wildman–Crippen MR) is 128 cm³/mol. The van der Waals surface area contributed by atoms with Crippen LogP contribution in [0.15, 0.2) is 95.8 Å². The molecule has 2 N–H and O–H groups in total. The molecule has 3 nitrogen and oxygen atoms in total. The lowest BCUT2D eigenvalue weighted by Crippen LogP contribution is -2.03. The number of nitrogens with one attached hydrogen (secondary N) is 1. The Morgan fingerprint density at radius 1 is 0.871 bits per heavy atom. The number of phenolic OH excluding ortho intramolecular Hbond substituents is 1. The maximum absolute atomic E-state index is 10.0. The van der Waals surface area contributed by atoms with Crippen LogP contribution in [0, 0.1) is 0 Å². The van der Waals surface area contributed by atoms with Crippen LogP contribution in [-0.2, 0) is 6.42 Å². The Hall–Kier alpha value is -3.24. The van der Waals surface area contributed by atoms with Gasteiger partial charge in [-0.05, 0) is 35.6 Å². The highest BCUT2D eigenvalue weighted by molar-refractivity contribution is 7.99. The number of hydrogen-bond donors (Lipinski definition) is 2. The minimum atomic E-state index is 0.132. The quantitative estimate of drug-likeness (QED) is 0.351. The fraction of sp³-hybridized carbons (Fsp3) is 0.148. The molecule has 0 saturated heterocycles. The third kappa shape index (κ3) is 4.30. The van der Waals surface area contributed by atoms with E-state index in [1.165, 1.54) is 16.7 Å². The molecular formula is C27H24N2OS. The molecule has 0 fully saturated rings. The molecule has 1 aliphatic carbocycles. The highest BCUT2D eigenvalue weighted by Gasteiger charge is 2.19. The zero-order valence-electron chi connectivity index (χ0n) is 17.2. The van der Waals surface area contributed by atoms with Gasteiger partial charge in [-0.3, -0.25) is 0 Å². The van der Waals surface area contributed by atoms with Gasteiger partial charge in [-0.2, -0.15) is 0 Å². The number of thioether (sulfide) groups is 1. The molecule has 0 amide bonds. The molecule has 0 unspecified atom stereocenters. The van der Waals surface area contributed by atoms with Crippen molar-refractivity contribution >= 4 is 17.8 Å². The zero-order valence-corrected chi connectivity index (χ0v) is 18.0. The van der Waals surface area contributed by atoms with Gasteiger partial charge in [0.25, 0.3) is 0 Å². The molecule has 4 heteroatoms. The van der Waals surface area contributed by atoms with Crippen molar-refractivity contribution in [3.63, 3.8) is 0 Å². The SMILES string of the molecule is Oc1cccc2c1CCC(CSc1ncc(C(c3ccccc3)c3ccccc3)[nH]1)=C2. The summed E-state index contributed by atoms with van der Waals surface area (Å²) in [5.74, 6) is 1.43. The number of H-pyrrole nitrogens is 1. The molecule has 154 valence electrons. The first kappa shape index (κ1) is 19.7. The van der Waals surface area contributed by atoms with Crippen molar-refractivity contribution in [3.8, 4) is 5.75 Å². The second-order valence-electron chi connectivity index (χ2n) is 7.83. The van der Waals surface area contributed by atoms with E-state index in [0.717, 1.165) is 40.6 Å². The number of imidazole rings is 1. The lowest BCUT2D eigenvalue weighted by molar-refractivity contribution is 0.467. The standard InChI is InChI=1S/C27H24N2OS/c30-25-13-7-12-22-16-19(14-15-23(22)25)18-31-27-28-17-24(29-27)26(20-8-3-1-4-9-20)21-10-5-2-6-11-21/h1-13,16-17,26,30H,14-15,18H2,(H,28,29). The third-order valence-corrected chi connectivity index (χ3v) is 6.78. The summed E-state index contributed by atoms with van der Waals surface area (Å²) in [4.78, 5) is 8.23. The Kier molecular flexibility index (Phi) is 5.63. The highest BCUT2D eigenvalue weighted by atomic mass is 32.2. The van der Waals surface area contributed by atoms with Gasteiger partial charge in [0.05, 0.1) is 12.1 Å². The van der Waals surface area contributed by atoms with E-state index < -0.39 is 0 Å². The molecule has 0 radical (unpaired) electrons. The van der Waals surface area contributed by atoms with Crippen molar-refractivity contribution in [2.24, 2.45) is 0 Å². The summed E-state index contributed by atoms with van der Waals surface area (Å²) in [6.07, 6.45) is 6.05. The number of benzene rings is 3. The van der Waals surface area contributed by atoms with Crippen LogP contribution in [0.4, 0.5) is 0 Å². The summed E-state index contributed by atoms with van der Waals surface area (Å²) in [6, 6.07) is 26.9. The third-order valence-electron chi connectivity index (χ3n) is 5.79. The zero-order chi connectivity index (χ0) is 21.0. The molecule has 0 atom stereocenters. The molecular weight excluding hydrogens is 400 g/mol. The molecule has 0 spiro atoms. The summed E-state index contributed by atoms with van der Waals surface area (Å²) in [5, 5.41) is 11.0. The molecule has 0 aliphatic heterocycles. The van der Waals surface area contributed by atoms with Crippen LogP contribution < -0.4 is 0 Å². The van der Waals surface area contributed by atoms with E-state index in [-0.39, 0.29) is 5.92 Å². The summed E-state index contributed by atoms with van der Waals surface area (Å²) in [5.41, 5.74) is 7.18. The van der Waals surface area contributed by atoms with Crippen LogP contribution in [0.3, 0.4) is 0 Å². The van der Waals surface area contributed by atoms with Crippen molar-refractivity contribution < 1.29 is 5.11 Å². The average molecular weight is 425 g/mol. The van der Waals surface area contributed by atoms with Gasteiger partial charge in [0.2, 0.25) is 0 Å². The number of phenols is 1. The van der Waals surface area contributed by atoms with E-state index in [1.807, 2.05) is 12.3 Å². The fourth-order valence-electron chi connectivity index (χ4n) is 4.23. The monoisotopic (exact) mass is 424 g/mol. The van der Waals surface area contributed by atoms with Crippen molar-refractivity contribution in [1.29, 1.82) is 0 Å². The number of hydrogen-bond acceptors (Lipinski definition) is 3. The van der Waals surface area contributed by atoms with E-state index in [2.05, 4.69) is 82.8 Å². The Morgan fingerprint density at radius 2 is 1.58 bits per heavy atom. The Balaban J connectivity index is 1.36. The maximum atomic E-state index is 10.0. The fourth-order valence-corrected chi connectivity index (χ4v) is 5.10. The first-order valence-corrected chi connectivity index (χ1v) is 11.5. The van der Waals surface area contributed by atoms with E-state index in [0.29, 0.717) is 5.75 Å². The second-order valence-corrected chi connectivity index (χ2v) is 8.80. The molecule has 5 rings (SSSR count). The minimum absolute atomic E-state index is 0.132. The molecule has 3 aromatic carbocycles. The molecule has 1 aromatic heterocycles. The van der Waals surface area contributed by atoms with E-state index >= 15 is 0 Å². The smallest absolute Gasteiger partial charge is 0.165 e. The van der Waals surface area contributed by atoms with Crippen molar-refractivity contribution in [2.45, 2.75) is 23.9 Å². The largest absolute Gasteiger partial charge is 0.508 e. The number of aromatic amines is 1. The minimum Gasteiger partial charge on any atom is -0.508 e. The Bertz CT molecular complexity index is 1160. The molecule has 0 bridgehead atoms. The van der Waals surface area contributed by atoms with Crippen molar-refractivity contribution in [3.05, 3.63) is 119 Å². The van der Waals surface area contributed by atoms with E-state index in [1.54, 1.807) is 17.8 Å². The van der Waals surface area contributed by atoms with Gasteiger partial charge in [-0.1, -0.05) is 96.2 Å². The summed E-state index contributed by atoms with van der Waals surface area (Å²) >= 11 is 1.74. The van der Waals surface area contributed by atoms with Gasteiger partial charge in [0.15, 0.2) is 5.16 Å². The lowest BCUT2D eigenvalue weighted by Gasteiger charge is -2.17. The van der Waals surface area contributed by atoms with Gasteiger partial charge in [0, 0.05) is 17.0 Å². The van der Waals surface area contributed by atoms with Gasteiger partial charge < -0.3 is 10.1 Å². The van der Waals surface area contributed by atoms with Crippen molar-refractivity contribution in [2.75, 3.05) is 5.75 Å². The molecule has 1 aliphatic rings. The first-order valence-electron chi connectivity index (χ1n) is 10.6. The van der Waals surface area contributed by atoms with Gasteiger partial charge in [0.1, 0.15) is 5.75 Å². The Morgan fingerprint density at radius 3 is 2.29 bits per heavy atom. The molecule has 0 saturated carbocycles.